The molecule has 0 saturated carbocycles. The Morgan fingerprint density at radius 1 is 0.471 bits per heavy atom. The van der Waals surface area contributed by atoms with Crippen LogP contribution in [0.25, 0.3) is 0 Å². The third kappa shape index (κ3) is 6.23. The van der Waals surface area contributed by atoms with Gasteiger partial charge in [0.05, 0.1) is 0 Å². The second-order valence-corrected chi connectivity index (χ2v) is 10.8. The van der Waals surface area contributed by atoms with Gasteiger partial charge in [-0.3, -0.25) is 0 Å². The van der Waals surface area contributed by atoms with Crippen LogP contribution in [0.1, 0.15) is 112 Å². The summed E-state index contributed by atoms with van der Waals surface area (Å²) in [4.78, 5) is 0. The Hall–Kier alpha value is -2.74. The average molecular weight is 457 g/mol. The van der Waals surface area contributed by atoms with E-state index in [2.05, 4.69) is 127 Å². The topological polar surface area (TPSA) is 24.1 Å². The van der Waals surface area contributed by atoms with Gasteiger partial charge in [-0.15, -0.1) is 0 Å². The van der Waals surface area contributed by atoms with Gasteiger partial charge in [-0.1, -0.05) is 116 Å². The fraction of sp³-hybridized carbons (Fsp3) is 0.438. The van der Waals surface area contributed by atoms with Gasteiger partial charge >= 0.3 is 0 Å². The molecule has 2 N–H and O–H groups in total. The van der Waals surface area contributed by atoms with E-state index < -0.39 is 0 Å². The summed E-state index contributed by atoms with van der Waals surface area (Å²) < 4.78 is 0. The molecule has 0 aliphatic heterocycles. The second kappa shape index (κ2) is 11.6. The van der Waals surface area contributed by atoms with E-state index in [4.69, 9.17) is 0 Å². The largest absolute Gasteiger partial charge is 0.381 e. The van der Waals surface area contributed by atoms with Crippen LogP contribution in [0.4, 0.5) is 11.4 Å². The van der Waals surface area contributed by atoms with Crippen LogP contribution < -0.4 is 10.6 Å². The highest BCUT2D eigenvalue weighted by Crippen LogP contribution is 2.34. The Bertz CT molecular complexity index is 941. The van der Waals surface area contributed by atoms with Crippen molar-refractivity contribution in [1.82, 2.24) is 0 Å². The predicted molar refractivity (Wildman–Crippen MR) is 150 cm³/mol. The van der Waals surface area contributed by atoms with E-state index in [1.54, 1.807) is 0 Å². The van der Waals surface area contributed by atoms with Crippen LogP contribution >= 0.6 is 0 Å². The summed E-state index contributed by atoms with van der Waals surface area (Å²) in [5.74, 6) is 1.97. The Morgan fingerprint density at radius 2 is 0.765 bits per heavy atom. The molecule has 0 saturated heterocycles. The van der Waals surface area contributed by atoms with Gasteiger partial charge in [0.25, 0.3) is 0 Å². The molecule has 0 aliphatic rings. The minimum absolute atomic E-state index is 0.493. The van der Waals surface area contributed by atoms with Crippen LogP contribution in [0.2, 0.25) is 0 Å². The molecule has 0 heterocycles. The minimum atomic E-state index is 0.493. The van der Waals surface area contributed by atoms with E-state index in [1.807, 2.05) is 0 Å². The smallest absolute Gasteiger partial charge is 0.0413 e. The highest BCUT2D eigenvalue weighted by Gasteiger charge is 2.15. The van der Waals surface area contributed by atoms with Gasteiger partial charge in [-0.25, -0.2) is 0 Å². The van der Waals surface area contributed by atoms with Crippen molar-refractivity contribution in [3.63, 3.8) is 0 Å². The summed E-state index contributed by atoms with van der Waals surface area (Å²) in [5, 5.41) is 7.58. The van der Waals surface area contributed by atoms with Crippen molar-refractivity contribution < 1.29 is 0 Å². The second-order valence-electron chi connectivity index (χ2n) is 10.8. The maximum atomic E-state index is 3.79. The van der Waals surface area contributed by atoms with Gasteiger partial charge in [0, 0.05) is 24.5 Å². The van der Waals surface area contributed by atoms with Crippen molar-refractivity contribution in [1.29, 1.82) is 0 Å². The highest BCUT2D eigenvalue weighted by molar-refractivity contribution is 5.61. The van der Waals surface area contributed by atoms with E-state index in [9.17, 15) is 0 Å². The fourth-order valence-electron chi connectivity index (χ4n) is 4.74. The number of para-hydroxylation sites is 2. The molecule has 0 radical (unpaired) electrons. The van der Waals surface area contributed by atoms with Gasteiger partial charge in [0.15, 0.2) is 0 Å². The third-order valence-electron chi connectivity index (χ3n) is 6.68. The van der Waals surface area contributed by atoms with Crippen LogP contribution in [0.3, 0.4) is 0 Å². The first-order chi connectivity index (χ1) is 16.2. The van der Waals surface area contributed by atoms with Gasteiger partial charge in [-0.2, -0.15) is 0 Å². The zero-order valence-electron chi connectivity index (χ0n) is 22.5. The van der Waals surface area contributed by atoms with Crippen LogP contribution in [0.15, 0.2) is 60.7 Å². The van der Waals surface area contributed by atoms with E-state index in [1.165, 1.54) is 44.8 Å². The zero-order valence-corrected chi connectivity index (χ0v) is 22.5. The third-order valence-corrected chi connectivity index (χ3v) is 6.68. The number of hydrogen-bond donors (Lipinski definition) is 2. The van der Waals surface area contributed by atoms with Gasteiger partial charge < -0.3 is 10.6 Å². The predicted octanol–water partition coefficient (Wildman–Crippen LogP) is 9.40. The molecule has 0 aliphatic carbocycles. The SMILES string of the molecule is CC(C)c1cccc(C(C)C)c1NCc1cccc(CNc2c(C(C)C)cccc2C(C)C)c1. The summed E-state index contributed by atoms with van der Waals surface area (Å²) in [6.07, 6.45) is 0. The first-order valence-electron chi connectivity index (χ1n) is 13.0. The lowest BCUT2D eigenvalue weighted by Gasteiger charge is -2.22. The highest BCUT2D eigenvalue weighted by atomic mass is 14.9. The van der Waals surface area contributed by atoms with Crippen LogP contribution in [0, 0.1) is 0 Å². The standard InChI is InChI=1S/C32H44N2/c1-21(2)27-14-10-15-28(22(3)4)31(27)33-19-25-12-9-13-26(18-25)20-34-32-29(23(5)6)16-11-17-30(32)24(7)8/h9-18,21-24,33-34H,19-20H2,1-8H3. The molecule has 34 heavy (non-hydrogen) atoms. The lowest BCUT2D eigenvalue weighted by Crippen LogP contribution is -2.09. The molecule has 3 aromatic rings. The Kier molecular flexibility index (Phi) is 8.83. The van der Waals surface area contributed by atoms with E-state index in [0.717, 1.165) is 13.1 Å². The summed E-state index contributed by atoms with van der Waals surface area (Å²) in [6, 6.07) is 22.4. The molecule has 0 fully saturated rings. The first-order valence-corrected chi connectivity index (χ1v) is 13.0. The molecule has 3 aromatic carbocycles. The maximum Gasteiger partial charge on any atom is 0.0413 e. The normalized spacial score (nSPS) is 11.6. The van der Waals surface area contributed by atoms with E-state index >= 15 is 0 Å². The summed E-state index contributed by atoms with van der Waals surface area (Å²) >= 11 is 0. The van der Waals surface area contributed by atoms with Crippen molar-refractivity contribution in [3.05, 3.63) is 94.0 Å². The molecular formula is C32H44N2. The number of rotatable bonds is 10. The number of hydrogen-bond acceptors (Lipinski definition) is 2. The monoisotopic (exact) mass is 456 g/mol. The van der Waals surface area contributed by atoms with Crippen molar-refractivity contribution >= 4 is 11.4 Å². The van der Waals surface area contributed by atoms with Gasteiger partial charge in [0.1, 0.15) is 0 Å². The molecule has 0 bridgehead atoms. The van der Waals surface area contributed by atoms with Gasteiger partial charge in [0.2, 0.25) is 0 Å². The lowest BCUT2D eigenvalue weighted by atomic mass is 9.92. The number of benzene rings is 3. The molecule has 3 rings (SSSR count). The molecule has 0 unspecified atom stereocenters. The van der Waals surface area contributed by atoms with Crippen LogP contribution in [-0.4, -0.2) is 0 Å². The van der Waals surface area contributed by atoms with Crippen LogP contribution in [-0.2, 0) is 13.1 Å². The van der Waals surface area contributed by atoms with Crippen LogP contribution in [0.5, 0.6) is 0 Å². The summed E-state index contributed by atoms with van der Waals surface area (Å²) in [5.41, 5.74) is 10.8. The summed E-state index contributed by atoms with van der Waals surface area (Å²) in [7, 11) is 0. The Balaban J connectivity index is 1.78. The molecule has 0 atom stereocenters. The molecule has 2 nitrogen and oxygen atoms in total. The molecule has 0 aromatic heterocycles. The number of nitrogens with one attached hydrogen (secondary N) is 2. The number of anilines is 2. The van der Waals surface area contributed by atoms with E-state index in [-0.39, 0.29) is 0 Å². The average Bonchev–Trinajstić information content (AvgIpc) is 2.80. The maximum absolute atomic E-state index is 3.79. The quantitative estimate of drug-likeness (QED) is 0.317. The van der Waals surface area contributed by atoms with Gasteiger partial charge in [-0.05, 0) is 57.1 Å². The first kappa shape index (κ1) is 25.9. The van der Waals surface area contributed by atoms with E-state index in [0.29, 0.717) is 23.7 Å². The molecular weight excluding hydrogens is 412 g/mol. The Labute approximate surface area is 208 Å². The summed E-state index contributed by atoms with van der Waals surface area (Å²) in [6.45, 7) is 19.9. The zero-order chi connectivity index (χ0) is 24.8. The van der Waals surface area contributed by atoms with Crippen molar-refractivity contribution in [2.24, 2.45) is 0 Å². The van der Waals surface area contributed by atoms with Crippen molar-refractivity contribution in [2.45, 2.75) is 92.2 Å². The lowest BCUT2D eigenvalue weighted by molar-refractivity contribution is 0.832. The molecule has 0 spiro atoms. The molecule has 2 heteroatoms. The van der Waals surface area contributed by atoms with Crippen molar-refractivity contribution in [2.75, 3.05) is 10.6 Å². The van der Waals surface area contributed by atoms with Crippen molar-refractivity contribution in [3.8, 4) is 0 Å². The molecule has 182 valence electrons. The Morgan fingerprint density at radius 3 is 1.06 bits per heavy atom. The molecule has 0 amide bonds. The fourth-order valence-corrected chi connectivity index (χ4v) is 4.74. The minimum Gasteiger partial charge on any atom is -0.381 e.